The van der Waals surface area contributed by atoms with Gasteiger partial charge in [0.25, 0.3) is 0 Å². The molecule has 1 unspecified atom stereocenters. The van der Waals surface area contributed by atoms with Crippen LogP contribution in [0.4, 0.5) is 10.5 Å². The smallest absolute Gasteiger partial charge is 0.409 e. The van der Waals surface area contributed by atoms with Crippen molar-refractivity contribution in [3.8, 4) is 0 Å². The maximum absolute atomic E-state index is 13.2. The highest BCUT2D eigenvalue weighted by atomic mass is 35.5. The van der Waals surface area contributed by atoms with Crippen LogP contribution in [0.1, 0.15) is 51.2 Å². The van der Waals surface area contributed by atoms with E-state index in [1.54, 1.807) is 24.1 Å². The van der Waals surface area contributed by atoms with E-state index in [0.717, 1.165) is 16.7 Å². The van der Waals surface area contributed by atoms with Gasteiger partial charge in [0.15, 0.2) is 5.72 Å². The quantitative estimate of drug-likeness (QED) is 0.471. The summed E-state index contributed by atoms with van der Waals surface area (Å²) in [6.07, 6.45) is 5.28. The van der Waals surface area contributed by atoms with Crippen LogP contribution in [0, 0.1) is 18.8 Å². The van der Waals surface area contributed by atoms with Crippen LogP contribution in [-0.4, -0.2) is 59.4 Å². The largest absolute Gasteiger partial charge is 0.446 e. The average Bonchev–Trinajstić information content (AvgIpc) is 3.51. The summed E-state index contributed by atoms with van der Waals surface area (Å²) in [6, 6.07) is 3.95. The number of benzene rings is 1. The van der Waals surface area contributed by atoms with Crippen molar-refractivity contribution in [1.29, 1.82) is 0 Å². The Labute approximate surface area is 223 Å². The molecule has 2 amide bonds. The van der Waals surface area contributed by atoms with Gasteiger partial charge in [0.1, 0.15) is 6.10 Å². The normalized spacial score (nSPS) is 37.1. The topological polar surface area (TPSA) is 112 Å². The van der Waals surface area contributed by atoms with Crippen molar-refractivity contribution < 1.29 is 29.3 Å². The molecule has 3 aliphatic rings. The van der Waals surface area contributed by atoms with Crippen LogP contribution >= 0.6 is 11.6 Å². The number of anilines is 1. The molecule has 37 heavy (non-hydrogen) atoms. The number of hydrogen-bond acceptors (Lipinski definition) is 6. The number of aryl methyl sites for hydroxylation is 1. The van der Waals surface area contributed by atoms with Crippen LogP contribution < -0.4 is 10.2 Å². The number of hydrogen-bond donors (Lipinski definition) is 3. The van der Waals surface area contributed by atoms with E-state index in [4.69, 9.17) is 21.1 Å². The lowest BCUT2D eigenvalue weighted by Gasteiger charge is -2.42. The molecule has 4 bridgehead atoms. The van der Waals surface area contributed by atoms with Gasteiger partial charge in [-0.3, -0.25) is 10.1 Å². The molecule has 2 fully saturated rings. The molecular formula is C28H37ClN2O6. The van der Waals surface area contributed by atoms with E-state index in [9.17, 15) is 19.8 Å². The van der Waals surface area contributed by atoms with Crippen LogP contribution in [-0.2, 0) is 20.7 Å². The van der Waals surface area contributed by atoms with E-state index in [2.05, 4.69) is 5.32 Å². The zero-order valence-corrected chi connectivity index (χ0v) is 22.8. The number of halogens is 1. The minimum atomic E-state index is -1.67. The van der Waals surface area contributed by atoms with E-state index in [-0.39, 0.29) is 37.4 Å². The number of rotatable bonds is 1. The number of nitrogens with zero attached hydrogens (tertiary/aromatic N) is 1. The first kappa shape index (κ1) is 27.6. The highest BCUT2D eigenvalue weighted by molar-refractivity contribution is 6.34. The van der Waals surface area contributed by atoms with Crippen molar-refractivity contribution >= 4 is 29.3 Å². The van der Waals surface area contributed by atoms with Gasteiger partial charge in [0.2, 0.25) is 5.91 Å². The Bertz CT molecular complexity index is 1140. The maximum Gasteiger partial charge on any atom is 0.409 e. The van der Waals surface area contributed by atoms with Gasteiger partial charge in [-0.1, -0.05) is 48.4 Å². The second kappa shape index (κ2) is 10.4. The van der Waals surface area contributed by atoms with Crippen molar-refractivity contribution in [2.45, 2.75) is 76.9 Å². The lowest BCUT2D eigenvalue weighted by Crippen LogP contribution is -2.61. The van der Waals surface area contributed by atoms with Crippen molar-refractivity contribution in [1.82, 2.24) is 5.32 Å². The third kappa shape index (κ3) is 5.72. The number of allylic oxidation sites excluding steroid dienone is 3. The highest BCUT2D eigenvalue weighted by Crippen LogP contribution is 2.48. The summed E-state index contributed by atoms with van der Waals surface area (Å²) in [6.45, 7) is 7.42. The number of carbonyl (C=O) groups is 2. The van der Waals surface area contributed by atoms with E-state index in [0.29, 0.717) is 23.6 Å². The fourth-order valence-electron chi connectivity index (χ4n) is 5.53. The molecule has 2 saturated heterocycles. The molecule has 1 aromatic carbocycles. The second-order valence-electron chi connectivity index (χ2n) is 11.0. The maximum atomic E-state index is 13.2. The predicted octanol–water partition coefficient (Wildman–Crippen LogP) is 4.04. The molecule has 8 nitrogen and oxygen atoms in total. The summed E-state index contributed by atoms with van der Waals surface area (Å²) in [5.41, 5.74) is 1.39. The first-order valence-corrected chi connectivity index (χ1v) is 13.1. The molecule has 202 valence electrons. The Balaban J connectivity index is 1.70. The molecule has 0 aliphatic carbocycles. The van der Waals surface area contributed by atoms with Gasteiger partial charge in [-0.05, 0) is 50.8 Å². The van der Waals surface area contributed by atoms with Gasteiger partial charge in [0.05, 0.1) is 29.0 Å². The SMILES string of the molecule is C/C1=C\C=C\[C@@H](CO)[C@@]2(O)CC(OC(=O)N2)[C@@H](C)[C@H]2O[C@@]2(C)CCC(=O)N(C)c2cc(cc(C)c2Cl)C1. The molecule has 6 atom stereocenters. The molecule has 3 N–H and O–H groups in total. The number of aliphatic hydroxyl groups is 2. The molecule has 1 aromatic rings. The number of fused-ring (bicyclic) bond motifs is 5. The Morgan fingerprint density at radius 3 is 2.70 bits per heavy atom. The summed E-state index contributed by atoms with van der Waals surface area (Å²) < 4.78 is 11.6. The summed E-state index contributed by atoms with van der Waals surface area (Å²) in [4.78, 5) is 27.2. The monoisotopic (exact) mass is 532 g/mol. The molecule has 4 rings (SSSR count). The van der Waals surface area contributed by atoms with Crippen LogP contribution in [0.25, 0.3) is 0 Å². The van der Waals surface area contributed by atoms with Gasteiger partial charge in [-0.2, -0.15) is 0 Å². The Morgan fingerprint density at radius 2 is 2.00 bits per heavy atom. The van der Waals surface area contributed by atoms with Crippen molar-refractivity contribution in [3.63, 3.8) is 0 Å². The van der Waals surface area contributed by atoms with E-state index in [1.165, 1.54) is 0 Å². The third-order valence-electron chi connectivity index (χ3n) is 7.98. The van der Waals surface area contributed by atoms with Crippen LogP contribution in [0.5, 0.6) is 0 Å². The highest BCUT2D eigenvalue weighted by Gasteiger charge is 2.58. The summed E-state index contributed by atoms with van der Waals surface area (Å²) in [7, 11) is 1.74. The molecule has 0 saturated carbocycles. The molecule has 9 heteroatoms. The predicted molar refractivity (Wildman–Crippen MR) is 141 cm³/mol. The van der Waals surface area contributed by atoms with Crippen molar-refractivity contribution in [2.75, 3.05) is 18.6 Å². The van der Waals surface area contributed by atoms with Crippen molar-refractivity contribution in [3.05, 3.63) is 52.1 Å². The van der Waals surface area contributed by atoms with E-state index in [1.807, 2.05) is 45.9 Å². The van der Waals surface area contributed by atoms with Crippen LogP contribution in [0.15, 0.2) is 35.9 Å². The van der Waals surface area contributed by atoms with Crippen molar-refractivity contribution in [2.24, 2.45) is 11.8 Å². The Hall–Kier alpha value is -2.39. The van der Waals surface area contributed by atoms with Gasteiger partial charge in [-0.25, -0.2) is 4.79 Å². The number of nitrogens with one attached hydrogen (secondary N) is 1. The standard InChI is InChI=1S/C28H37ClN2O6/c1-16-7-6-8-20(15-32)28(35)14-22(36-26(34)30-28)18(3)25-27(4,37-25)10-9-23(33)31(5)21-13-19(11-16)12-17(2)24(21)29/h6-8,12-13,18,20,22,25,32,35H,9-11,14-15H2,1-5H3,(H,30,34)/b8-6+,16-7+/t18-,20+,22?,25-,27+,28+/m1/s1. The molecule has 3 heterocycles. The van der Waals surface area contributed by atoms with E-state index >= 15 is 0 Å². The first-order chi connectivity index (χ1) is 17.4. The van der Waals surface area contributed by atoms with Crippen LogP contribution in [0.2, 0.25) is 5.02 Å². The first-order valence-electron chi connectivity index (χ1n) is 12.8. The number of alkyl carbamates (subject to hydrolysis) is 1. The number of amides is 2. The summed E-state index contributed by atoms with van der Waals surface area (Å²) in [5, 5.41) is 24.5. The Kier molecular flexibility index (Phi) is 7.77. The second-order valence-corrected chi connectivity index (χ2v) is 11.3. The van der Waals surface area contributed by atoms with Gasteiger partial charge in [0, 0.05) is 31.7 Å². The average molecular weight is 533 g/mol. The number of aliphatic hydroxyl groups excluding tert-OH is 1. The molecule has 0 spiro atoms. The zero-order valence-electron chi connectivity index (χ0n) is 22.1. The fourth-order valence-corrected chi connectivity index (χ4v) is 5.77. The van der Waals surface area contributed by atoms with E-state index < -0.39 is 29.4 Å². The fraction of sp³-hybridized carbons (Fsp3) is 0.571. The van der Waals surface area contributed by atoms with Crippen LogP contribution in [0.3, 0.4) is 0 Å². The molecular weight excluding hydrogens is 496 g/mol. The lowest BCUT2D eigenvalue weighted by molar-refractivity contribution is -0.118. The molecule has 0 radical (unpaired) electrons. The third-order valence-corrected chi connectivity index (χ3v) is 8.47. The van der Waals surface area contributed by atoms with Gasteiger partial charge >= 0.3 is 6.09 Å². The molecule has 0 aromatic heterocycles. The number of epoxide rings is 1. The number of carbonyl (C=O) groups excluding carboxylic acids is 2. The zero-order chi connectivity index (χ0) is 27.1. The lowest BCUT2D eigenvalue weighted by atomic mass is 9.82. The number of ether oxygens (including phenoxy) is 2. The van der Waals surface area contributed by atoms with Gasteiger partial charge in [-0.15, -0.1) is 0 Å². The minimum absolute atomic E-state index is 0.0665. The minimum Gasteiger partial charge on any atom is -0.446 e. The Morgan fingerprint density at radius 1 is 1.27 bits per heavy atom. The summed E-state index contributed by atoms with van der Waals surface area (Å²) >= 11 is 6.61. The molecule has 3 aliphatic heterocycles. The summed E-state index contributed by atoms with van der Waals surface area (Å²) in [5.74, 6) is -1.02. The van der Waals surface area contributed by atoms with Gasteiger partial charge < -0.3 is 24.6 Å².